The van der Waals surface area contributed by atoms with E-state index in [1.54, 1.807) is 41.9 Å². The zero-order valence-corrected chi connectivity index (χ0v) is 13.6. The van der Waals surface area contributed by atoms with E-state index in [2.05, 4.69) is 5.10 Å². The number of aliphatic hydroxyl groups is 1. The molecule has 6 nitrogen and oxygen atoms in total. The van der Waals surface area contributed by atoms with E-state index in [0.29, 0.717) is 24.3 Å². The highest BCUT2D eigenvalue weighted by Gasteiger charge is 2.36. The first-order valence-electron chi connectivity index (χ1n) is 7.80. The summed E-state index contributed by atoms with van der Waals surface area (Å²) in [6.45, 7) is 2.13. The quantitative estimate of drug-likeness (QED) is 0.922. The molecule has 128 valence electrons. The number of rotatable bonds is 4. The Morgan fingerprint density at radius 2 is 2.12 bits per heavy atom. The summed E-state index contributed by atoms with van der Waals surface area (Å²) < 4.78 is 19.9. The molecular weight excluding hydrogens is 313 g/mol. The Hall–Kier alpha value is -2.25. The molecule has 7 heteroatoms. The Morgan fingerprint density at radius 1 is 1.42 bits per heavy atom. The monoisotopic (exact) mass is 333 g/mol. The standard InChI is InChI=1S/C17H20FN3O3/c1-11-8-21(13-5-3-12(18)4-6-13)19-16(11)17(23)20-9-15(24-2)7-14(20)10-22/h3-6,8,14-15,22H,7,9-10H2,1-2H3/t14-,15-/m0/s1. The van der Waals surface area contributed by atoms with Crippen LogP contribution in [0.5, 0.6) is 0 Å². The fraction of sp³-hybridized carbons (Fsp3) is 0.412. The van der Waals surface area contributed by atoms with Crippen molar-refractivity contribution < 1.29 is 19.0 Å². The van der Waals surface area contributed by atoms with E-state index in [4.69, 9.17) is 4.74 Å². The van der Waals surface area contributed by atoms with Crippen molar-refractivity contribution in [2.24, 2.45) is 0 Å². The Labute approximate surface area is 139 Å². The van der Waals surface area contributed by atoms with Gasteiger partial charge in [0.2, 0.25) is 0 Å². The summed E-state index contributed by atoms with van der Waals surface area (Å²) in [6, 6.07) is 5.63. The van der Waals surface area contributed by atoms with Crippen LogP contribution in [0.15, 0.2) is 30.5 Å². The van der Waals surface area contributed by atoms with Crippen molar-refractivity contribution in [3.63, 3.8) is 0 Å². The number of amides is 1. The van der Waals surface area contributed by atoms with Crippen LogP contribution in [0.1, 0.15) is 22.5 Å². The van der Waals surface area contributed by atoms with Gasteiger partial charge in [-0.2, -0.15) is 5.10 Å². The molecule has 1 N–H and O–H groups in total. The normalized spacial score (nSPS) is 20.6. The maximum absolute atomic E-state index is 13.0. The molecule has 0 aliphatic carbocycles. The summed E-state index contributed by atoms with van der Waals surface area (Å²) in [7, 11) is 1.60. The Balaban J connectivity index is 1.87. The zero-order chi connectivity index (χ0) is 17.3. The SMILES string of the molecule is CO[C@H]1C[C@@H](CO)N(C(=O)c2nn(-c3ccc(F)cc3)cc2C)C1. The largest absolute Gasteiger partial charge is 0.394 e. The molecule has 0 bridgehead atoms. The molecule has 1 saturated heterocycles. The third-order valence-electron chi connectivity index (χ3n) is 4.37. The summed E-state index contributed by atoms with van der Waals surface area (Å²) >= 11 is 0. The molecule has 24 heavy (non-hydrogen) atoms. The van der Waals surface area contributed by atoms with Crippen LogP contribution in [0, 0.1) is 12.7 Å². The van der Waals surface area contributed by atoms with Crippen LogP contribution in [0.25, 0.3) is 5.69 Å². The third kappa shape index (κ3) is 3.05. The van der Waals surface area contributed by atoms with Crippen molar-refractivity contribution in [2.45, 2.75) is 25.5 Å². The lowest BCUT2D eigenvalue weighted by molar-refractivity contribution is 0.0641. The van der Waals surface area contributed by atoms with Crippen LogP contribution in [0.4, 0.5) is 4.39 Å². The van der Waals surface area contributed by atoms with E-state index in [1.807, 2.05) is 0 Å². The fourth-order valence-electron chi connectivity index (χ4n) is 3.00. The average Bonchev–Trinajstić information content (AvgIpc) is 3.18. The number of aromatic nitrogens is 2. The third-order valence-corrected chi connectivity index (χ3v) is 4.37. The van der Waals surface area contributed by atoms with E-state index >= 15 is 0 Å². The molecule has 0 radical (unpaired) electrons. The first-order valence-corrected chi connectivity index (χ1v) is 7.80. The van der Waals surface area contributed by atoms with Gasteiger partial charge in [-0.05, 0) is 37.6 Å². The molecule has 3 rings (SSSR count). The van der Waals surface area contributed by atoms with Gasteiger partial charge in [-0.25, -0.2) is 9.07 Å². The van der Waals surface area contributed by atoms with Crippen LogP contribution in [0.3, 0.4) is 0 Å². The molecule has 0 spiro atoms. The predicted octanol–water partition coefficient (Wildman–Crippen LogP) is 1.54. The lowest BCUT2D eigenvalue weighted by Crippen LogP contribution is -2.38. The van der Waals surface area contributed by atoms with E-state index in [1.165, 1.54) is 12.1 Å². The second-order valence-corrected chi connectivity index (χ2v) is 5.97. The maximum Gasteiger partial charge on any atom is 0.275 e. The van der Waals surface area contributed by atoms with Crippen LogP contribution in [-0.4, -0.2) is 58.1 Å². The molecule has 0 unspecified atom stereocenters. The molecule has 1 aromatic carbocycles. The van der Waals surface area contributed by atoms with E-state index in [-0.39, 0.29) is 30.5 Å². The molecule has 1 aromatic heterocycles. The fourth-order valence-corrected chi connectivity index (χ4v) is 3.00. The average molecular weight is 333 g/mol. The number of nitrogens with zero attached hydrogens (tertiary/aromatic N) is 3. The van der Waals surface area contributed by atoms with Crippen molar-refractivity contribution in [1.82, 2.24) is 14.7 Å². The lowest BCUT2D eigenvalue weighted by atomic mass is 10.2. The molecular formula is C17H20FN3O3. The minimum absolute atomic E-state index is 0.0782. The number of carbonyl (C=O) groups is 1. The molecule has 2 aromatic rings. The molecule has 1 fully saturated rings. The van der Waals surface area contributed by atoms with Gasteiger partial charge in [-0.1, -0.05) is 0 Å². The summed E-state index contributed by atoms with van der Waals surface area (Å²) in [5, 5.41) is 13.9. The van der Waals surface area contributed by atoms with Crippen LogP contribution in [-0.2, 0) is 4.74 Å². The molecule has 1 aliphatic heterocycles. The van der Waals surface area contributed by atoms with Crippen LogP contribution in [0.2, 0.25) is 0 Å². The van der Waals surface area contributed by atoms with Gasteiger partial charge >= 0.3 is 0 Å². The number of carbonyl (C=O) groups excluding carboxylic acids is 1. The number of aryl methyl sites for hydroxylation is 1. The van der Waals surface area contributed by atoms with Crippen molar-refractivity contribution in [3.05, 3.63) is 47.5 Å². The number of hydrogen-bond acceptors (Lipinski definition) is 4. The topological polar surface area (TPSA) is 67.6 Å². The highest BCUT2D eigenvalue weighted by atomic mass is 19.1. The number of halogens is 1. The second-order valence-electron chi connectivity index (χ2n) is 5.97. The summed E-state index contributed by atoms with van der Waals surface area (Å²) in [5.41, 5.74) is 1.73. The Bertz CT molecular complexity index is 729. The summed E-state index contributed by atoms with van der Waals surface area (Å²) in [4.78, 5) is 14.4. The van der Waals surface area contributed by atoms with E-state index in [0.717, 1.165) is 5.56 Å². The Kier molecular flexibility index (Phi) is 4.64. The highest BCUT2D eigenvalue weighted by Crippen LogP contribution is 2.23. The highest BCUT2D eigenvalue weighted by molar-refractivity contribution is 5.94. The van der Waals surface area contributed by atoms with Gasteiger partial charge in [0.25, 0.3) is 5.91 Å². The molecule has 1 aliphatic rings. The number of likely N-dealkylation sites (tertiary alicyclic amines) is 1. The molecule has 2 atom stereocenters. The second kappa shape index (κ2) is 6.70. The van der Waals surface area contributed by atoms with Gasteiger partial charge in [-0.3, -0.25) is 4.79 Å². The van der Waals surface area contributed by atoms with Crippen molar-refractivity contribution >= 4 is 5.91 Å². The summed E-state index contributed by atoms with van der Waals surface area (Å²) in [6.07, 6.45) is 2.26. The van der Waals surface area contributed by atoms with Crippen LogP contribution < -0.4 is 0 Å². The molecule has 1 amide bonds. The number of hydrogen-bond donors (Lipinski definition) is 1. The predicted molar refractivity (Wildman–Crippen MR) is 85.6 cm³/mol. The van der Waals surface area contributed by atoms with Crippen molar-refractivity contribution in [2.75, 3.05) is 20.3 Å². The first-order chi connectivity index (χ1) is 11.5. The molecule has 0 saturated carbocycles. The molecule has 2 heterocycles. The van der Waals surface area contributed by atoms with Gasteiger partial charge in [0.05, 0.1) is 24.4 Å². The van der Waals surface area contributed by atoms with E-state index < -0.39 is 0 Å². The van der Waals surface area contributed by atoms with Gasteiger partial charge in [0.15, 0.2) is 5.69 Å². The van der Waals surface area contributed by atoms with Crippen LogP contribution >= 0.6 is 0 Å². The van der Waals surface area contributed by atoms with Crippen molar-refractivity contribution in [1.29, 1.82) is 0 Å². The van der Waals surface area contributed by atoms with Crippen molar-refractivity contribution in [3.8, 4) is 5.69 Å². The van der Waals surface area contributed by atoms with E-state index in [9.17, 15) is 14.3 Å². The maximum atomic E-state index is 13.0. The summed E-state index contributed by atoms with van der Waals surface area (Å²) in [5.74, 6) is -0.556. The number of benzene rings is 1. The van der Waals surface area contributed by atoms with Gasteiger partial charge in [0.1, 0.15) is 5.82 Å². The van der Waals surface area contributed by atoms with Gasteiger partial charge in [-0.15, -0.1) is 0 Å². The first kappa shape index (κ1) is 16.6. The minimum atomic E-state index is -0.326. The Morgan fingerprint density at radius 3 is 2.75 bits per heavy atom. The minimum Gasteiger partial charge on any atom is -0.394 e. The smallest absolute Gasteiger partial charge is 0.275 e. The lowest BCUT2D eigenvalue weighted by Gasteiger charge is -2.21. The van der Waals surface area contributed by atoms with Gasteiger partial charge in [0, 0.05) is 25.4 Å². The number of ether oxygens (including phenoxy) is 1. The number of aliphatic hydroxyl groups excluding tert-OH is 1. The number of methoxy groups -OCH3 is 1. The van der Waals surface area contributed by atoms with Gasteiger partial charge < -0.3 is 14.7 Å². The zero-order valence-electron chi connectivity index (χ0n) is 13.6.